The molecule has 0 atom stereocenters. The number of ether oxygens (including phenoxy) is 1. The minimum Gasteiger partial charge on any atom is -0.490 e. The average Bonchev–Trinajstić information content (AvgIpc) is 2.41. The van der Waals surface area contributed by atoms with E-state index in [0.29, 0.717) is 16.9 Å². The molecule has 0 heterocycles. The highest BCUT2D eigenvalue weighted by atomic mass is 19.1. The van der Waals surface area contributed by atoms with Gasteiger partial charge in [-0.05, 0) is 44.5 Å². The molecular weight excluding hydrogens is 255 g/mol. The van der Waals surface area contributed by atoms with E-state index in [1.807, 2.05) is 13.8 Å². The van der Waals surface area contributed by atoms with Gasteiger partial charge < -0.3 is 4.74 Å². The summed E-state index contributed by atoms with van der Waals surface area (Å²) in [7, 11) is 0. The first-order chi connectivity index (χ1) is 9.50. The van der Waals surface area contributed by atoms with E-state index < -0.39 is 5.82 Å². The number of carbonyl (C=O) groups is 1. The van der Waals surface area contributed by atoms with Crippen molar-refractivity contribution in [3.8, 4) is 5.75 Å². The fraction of sp³-hybridized carbons (Fsp3) is 0.235. The molecule has 2 nitrogen and oxygen atoms in total. The Labute approximate surface area is 118 Å². The molecule has 0 saturated heterocycles. The smallest absolute Gasteiger partial charge is 0.199 e. The Morgan fingerprint density at radius 2 is 1.70 bits per heavy atom. The predicted octanol–water partition coefficient (Wildman–Crippen LogP) is 4.15. The Morgan fingerprint density at radius 3 is 2.40 bits per heavy atom. The van der Waals surface area contributed by atoms with Crippen molar-refractivity contribution in [1.29, 1.82) is 0 Å². The molecule has 3 heteroatoms. The van der Waals surface area contributed by atoms with Crippen molar-refractivity contribution < 1.29 is 13.9 Å². The Bertz CT molecular complexity index is 633. The van der Waals surface area contributed by atoms with Crippen LogP contribution in [0.1, 0.15) is 35.3 Å². The lowest BCUT2D eigenvalue weighted by Crippen LogP contribution is -2.11. The fourth-order valence-corrected chi connectivity index (χ4v) is 1.98. The minimum absolute atomic E-state index is 0.0497. The third-order valence-corrected chi connectivity index (χ3v) is 2.93. The van der Waals surface area contributed by atoms with E-state index in [2.05, 4.69) is 0 Å². The van der Waals surface area contributed by atoms with Gasteiger partial charge in [-0.15, -0.1) is 0 Å². The summed E-state index contributed by atoms with van der Waals surface area (Å²) in [5, 5.41) is 0. The Morgan fingerprint density at radius 1 is 1.05 bits per heavy atom. The van der Waals surface area contributed by atoms with Gasteiger partial charge in [0.1, 0.15) is 11.6 Å². The third kappa shape index (κ3) is 2.87. The first kappa shape index (κ1) is 14.3. The molecule has 0 unspecified atom stereocenters. The zero-order chi connectivity index (χ0) is 14.7. The standard InChI is InChI=1S/C17H17FO2/c1-11(2)20-15-10-5-4-8-13(15)17(19)14-9-6-7-12(3)16(14)18/h4-11H,1-3H3. The zero-order valence-corrected chi connectivity index (χ0v) is 11.8. The molecule has 0 bridgehead atoms. The van der Waals surface area contributed by atoms with E-state index >= 15 is 0 Å². The van der Waals surface area contributed by atoms with Gasteiger partial charge in [0.25, 0.3) is 0 Å². The number of hydrogen-bond donors (Lipinski definition) is 0. The molecule has 0 fully saturated rings. The van der Waals surface area contributed by atoms with Gasteiger partial charge >= 0.3 is 0 Å². The maximum absolute atomic E-state index is 14.1. The lowest BCUT2D eigenvalue weighted by molar-refractivity contribution is 0.102. The van der Waals surface area contributed by atoms with Crippen molar-refractivity contribution in [2.75, 3.05) is 0 Å². The molecule has 0 aliphatic heterocycles. The van der Waals surface area contributed by atoms with Gasteiger partial charge in [-0.2, -0.15) is 0 Å². The van der Waals surface area contributed by atoms with E-state index in [0.717, 1.165) is 0 Å². The minimum atomic E-state index is -0.475. The fourth-order valence-electron chi connectivity index (χ4n) is 1.98. The van der Waals surface area contributed by atoms with Crippen LogP contribution in [0.3, 0.4) is 0 Å². The van der Waals surface area contributed by atoms with Crippen LogP contribution in [0, 0.1) is 12.7 Å². The summed E-state index contributed by atoms with van der Waals surface area (Å²) in [4.78, 5) is 12.5. The maximum Gasteiger partial charge on any atom is 0.199 e. The monoisotopic (exact) mass is 272 g/mol. The van der Waals surface area contributed by atoms with Gasteiger partial charge in [0.05, 0.1) is 17.2 Å². The lowest BCUT2D eigenvalue weighted by Gasteiger charge is -2.14. The molecule has 2 aromatic rings. The van der Waals surface area contributed by atoms with E-state index in [1.165, 1.54) is 6.07 Å². The second kappa shape index (κ2) is 5.87. The van der Waals surface area contributed by atoms with Crippen LogP contribution < -0.4 is 4.74 Å². The number of carbonyl (C=O) groups excluding carboxylic acids is 1. The van der Waals surface area contributed by atoms with Gasteiger partial charge in [-0.3, -0.25) is 4.79 Å². The Kier molecular flexibility index (Phi) is 4.18. The molecular formula is C17H17FO2. The highest BCUT2D eigenvalue weighted by molar-refractivity contribution is 6.11. The molecule has 104 valence electrons. The molecule has 0 spiro atoms. The van der Waals surface area contributed by atoms with Crippen molar-refractivity contribution in [3.05, 3.63) is 65.0 Å². The summed E-state index contributed by atoms with van der Waals surface area (Å²) < 4.78 is 19.7. The second-order valence-electron chi connectivity index (χ2n) is 4.93. The summed E-state index contributed by atoms with van der Waals surface area (Å²) in [6.07, 6.45) is -0.0497. The number of rotatable bonds is 4. The summed E-state index contributed by atoms with van der Waals surface area (Å²) in [5.41, 5.74) is 0.911. The van der Waals surface area contributed by atoms with E-state index in [1.54, 1.807) is 43.3 Å². The van der Waals surface area contributed by atoms with E-state index in [-0.39, 0.29) is 17.5 Å². The van der Waals surface area contributed by atoms with Crippen molar-refractivity contribution >= 4 is 5.78 Å². The first-order valence-electron chi connectivity index (χ1n) is 6.56. The molecule has 2 aromatic carbocycles. The molecule has 0 amide bonds. The molecule has 2 rings (SSSR count). The van der Waals surface area contributed by atoms with Crippen LogP contribution in [0.5, 0.6) is 5.75 Å². The van der Waals surface area contributed by atoms with Crippen molar-refractivity contribution in [3.63, 3.8) is 0 Å². The van der Waals surface area contributed by atoms with Crippen molar-refractivity contribution in [2.24, 2.45) is 0 Å². The zero-order valence-electron chi connectivity index (χ0n) is 11.8. The highest BCUT2D eigenvalue weighted by Crippen LogP contribution is 2.24. The van der Waals surface area contributed by atoms with Crippen molar-refractivity contribution in [1.82, 2.24) is 0 Å². The summed E-state index contributed by atoms with van der Waals surface area (Å²) in [6, 6.07) is 11.7. The molecule has 0 N–H and O–H groups in total. The van der Waals surface area contributed by atoms with Crippen LogP contribution in [0.4, 0.5) is 4.39 Å². The third-order valence-electron chi connectivity index (χ3n) is 2.93. The number of halogens is 1. The SMILES string of the molecule is Cc1cccc(C(=O)c2ccccc2OC(C)C)c1F. The van der Waals surface area contributed by atoms with Crippen LogP contribution in [-0.2, 0) is 0 Å². The number of aryl methyl sites for hydroxylation is 1. The Balaban J connectivity index is 2.46. The largest absolute Gasteiger partial charge is 0.490 e. The Hall–Kier alpha value is -2.16. The maximum atomic E-state index is 14.1. The second-order valence-corrected chi connectivity index (χ2v) is 4.93. The van der Waals surface area contributed by atoms with Gasteiger partial charge in [0, 0.05) is 0 Å². The molecule has 0 aliphatic carbocycles. The van der Waals surface area contributed by atoms with Gasteiger partial charge in [-0.25, -0.2) is 4.39 Å². The molecule has 0 saturated carbocycles. The van der Waals surface area contributed by atoms with Crippen LogP contribution in [0.25, 0.3) is 0 Å². The first-order valence-corrected chi connectivity index (χ1v) is 6.56. The number of para-hydroxylation sites is 1. The summed E-state index contributed by atoms with van der Waals surface area (Å²) >= 11 is 0. The number of ketones is 1. The van der Waals surface area contributed by atoms with Crippen LogP contribution in [0.2, 0.25) is 0 Å². The number of hydrogen-bond acceptors (Lipinski definition) is 2. The van der Waals surface area contributed by atoms with Gasteiger partial charge in [0.15, 0.2) is 5.78 Å². The van der Waals surface area contributed by atoms with Crippen LogP contribution >= 0.6 is 0 Å². The summed E-state index contributed by atoms with van der Waals surface area (Å²) in [5.74, 6) is -0.354. The van der Waals surface area contributed by atoms with E-state index in [4.69, 9.17) is 4.74 Å². The average molecular weight is 272 g/mol. The number of benzene rings is 2. The normalized spacial score (nSPS) is 10.7. The van der Waals surface area contributed by atoms with Crippen LogP contribution in [-0.4, -0.2) is 11.9 Å². The van der Waals surface area contributed by atoms with E-state index in [9.17, 15) is 9.18 Å². The lowest BCUT2D eigenvalue weighted by atomic mass is 10.00. The quantitative estimate of drug-likeness (QED) is 0.781. The molecule has 20 heavy (non-hydrogen) atoms. The molecule has 0 aromatic heterocycles. The van der Waals surface area contributed by atoms with Crippen LogP contribution in [0.15, 0.2) is 42.5 Å². The van der Waals surface area contributed by atoms with Gasteiger partial charge in [-0.1, -0.05) is 24.3 Å². The van der Waals surface area contributed by atoms with Crippen molar-refractivity contribution in [2.45, 2.75) is 26.9 Å². The van der Waals surface area contributed by atoms with Gasteiger partial charge in [0.2, 0.25) is 0 Å². The molecule has 0 aliphatic rings. The topological polar surface area (TPSA) is 26.3 Å². The molecule has 0 radical (unpaired) electrons. The summed E-state index contributed by atoms with van der Waals surface area (Å²) in [6.45, 7) is 5.41. The predicted molar refractivity (Wildman–Crippen MR) is 76.8 cm³/mol. The highest BCUT2D eigenvalue weighted by Gasteiger charge is 2.19.